The van der Waals surface area contributed by atoms with Crippen molar-refractivity contribution in [3.8, 4) is 0 Å². The molecule has 2 fully saturated rings. The third-order valence-electron chi connectivity index (χ3n) is 3.16. The van der Waals surface area contributed by atoms with Crippen LogP contribution in [0.1, 0.15) is 6.42 Å². The van der Waals surface area contributed by atoms with Crippen LogP contribution < -0.4 is 5.32 Å². The number of hydrogen-bond donors (Lipinski definition) is 1. The van der Waals surface area contributed by atoms with Crippen LogP contribution in [0.25, 0.3) is 10.4 Å². The smallest absolute Gasteiger partial charge is 0.263 e. The van der Waals surface area contributed by atoms with E-state index in [4.69, 9.17) is 15.0 Å². The first-order chi connectivity index (χ1) is 8.69. The number of rotatable bonds is 1. The molecule has 96 valence electrons. The highest BCUT2D eigenvalue weighted by Crippen LogP contribution is 2.32. The largest absolute Gasteiger partial charge is 0.352 e. The maximum atomic E-state index is 11.5. The van der Waals surface area contributed by atoms with E-state index in [-0.39, 0.29) is 30.9 Å². The van der Waals surface area contributed by atoms with Gasteiger partial charge in [-0.25, -0.2) is 0 Å². The van der Waals surface area contributed by atoms with Gasteiger partial charge in [0.15, 0.2) is 0 Å². The molecule has 0 spiro atoms. The summed E-state index contributed by atoms with van der Waals surface area (Å²) in [5.74, 6) is -0.222. The average Bonchev–Trinajstić information content (AvgIpc) is 2.65. The summed E-state index contributed by atoms with van der Waals surface area (Å²) in [7, 11) is 0. The molecule has 3 aliphatic heterocycles. The molecule has 1 N–H and O–H groups in total. The lowest BCUT2D eigenvalue weighted by Crippen LogP contribution is -2.54. The van der Waals surface area contributed by atoms with Gasteiger partial charge in [0.25, 0.3) is 5.91 Å². The van der Waals surface area contributed by atoms with Crippen LogP contribution in [-0.4, -0.2) is 42.1 Å². The minimum Gasteiger partial charge on any atom is -0.352 e. The van der Waals surface area contributed by atoms with Crippen molar-refractivity contribution in [1.29, 1.82) is 0 Å². The molecule has 9 heteroatoms. The standard InChI is InChI=1S/C9H10BrN5O3/c10-4-2-15-7-1-5(13-14-11)6(18-7)3-17-9(15)12-8(4)16/h2,5-7,9H,1,3H2,(H,12,16)/t5-,6+,7+,9?/m0/s1. The molecule has 0 radical (unpaired) electrons. The molecule has 8 nitrogen and oxygen atoms in total. The number of carbonyl (C=O) groups is 1. The van der Waals surface area contributed by atoms with Crippen LogP contribution >= 0.6 is 15.9 Å². The summed E-state index contributed by atoms with van der Waals surface area (Å²) in [6, 6.07) is -0.231. The second-order valence-corrected chi connectivity index (χ2v) is 5.07. The molecule has 3 heterocycles. The van der Waals surface area contributed by atoms with Gasteiger partial charge in [-0.3, -0.25) is 4.79 Å². The molecule has 0 aliphatic carbocycles. The van der Waals surface area contributed by atoms with Crippen LogP contribution in [0.15, 0.2) is 15.8 Å². The van der Waals surface area contributed by atoms with Gasteiger partial charge in [-0.15, -0.1) is 0 Å². The van der Waals surface area contributed by atoms with Gasteiger partial charge in [0.05, 0.1) is 23.2 Å². The minimum atomic E-state index is -0.527. The third kappa shape index (κ3) is 1.85. The Labute approximate surface area is 111 Å². The first kappa shape index (κ1) is 11.8. The molecular formula is C9H10BrN5O3. The molecule has 1 amide bonds. The summed E-state index contributed by atoms with van der Waals surface area (Å²) in [5.41, 5.74) is 8.50. The van der Waals surface area contributed by atoms with E-state index >= 15 is 0 Å². The van der Waals surface area contributed by atoms with Crippen LogP contribution in [0.4, 0.5) is 0 Å². The van der Waals surface area contributed by atoms with Gasteiger partial charge in [-0.1, -0.05) is 5.11 Å². The molecule has 0 saturated carbocycles. The van der Waals surface area contributed by atoms with E-state index in [1.54, 1.807) is 11.1 Å². The number of azide groups is 1. The van der Waals surface area contributed by atoms with E-state index in [0.29, 0.717) is 10.9 Å². The zero-order valence-corrected chi connectivity index (χ0v) is 10.8. The first-order valence-electron chi connectivity index (χ1n) is 5.46. The van der Waals surface area contributed by atoms with Crippen LogP contribution in [0, 0.1) is 0 Å². The van der Waals surface area contributed by atoms with Crippen molar-refractivity contribution in [1.82, 2.24) is 10.2 Å². The van der Waals surface area contributed by atoms with Gasteiger partial charge in [0.1, 0.15) is 6.23 Å². The number of amides is 1. The number of carbonyl (C=O) groups excluding carboxylic acids is 1. The SMILES string of the molecule is [N-]=[N+]=N[C@H]1C[C@H]2O[C@@H]1COC1NC(=O)C(Br)=CN12. The quantitative estimate of drug-likeness (QED) is 0.438. The number of nitrogens with zero attached hydrogens (tertiary/aromatic N) is 4. The second kappa shape index (κ2) is 4.43. The summed E-state index contributed by atoms with van der Waals surface area (Å²) >= 11 is 3.17. The highest BCUT2D eigenvalue weighted by molar-refractivity contribution is 9.12. The fraction of sp³-hybridized carbons (Fsp3) is 0.667. The lowest BCUT2D eigenvalue weighted by atomic mass is 10.1. The molecule has 0 aromatic heterocycles. The van der Waals surface area contributed by atoms with Gasteiger partial charge in [-0.05, 0) is 21.5 Å². The van der Waals surface area contributed by atoms with Crippen molar-refractivity contribution >= 4 is 21.8 Å². The van der Waals surface area contributed by atoms with Crippen LogP contribution in [0.2, 0.25) is 0 Å². The molecular weight excluding hydrogens is 306 g/mol. The zero-order chi connectivity index (χ0) is 12.7. The van der Waals surface area contributed by atoms with Gasteiger partial charge in [0.2, 0.25) is 6.35 Å². The molecule has 18 heavy (non-hydrogen) atoms. The van der Waals surface area contributed by atoms with E-state index in [0.717, 1.165) is 0 Å². The van der Waals surface area contributed by atoms with Gasteiger partial charge >= 0.3 is 0 Å². The summed E-state index contributed by atoms with van der Waals surface area (Å²) in [6.45, 7) is 0.285. The lowest BCUT2D eigenvalue weighted by molar-refractivity contribution is -0.133. The van der Waals surface area contributed by atoms with Crippen molar-refractivity contribution in [3.05, 3.63) is 21.1 Å². The van der Waals surface area contributed by atoms with E-state index < -0.39 is 6.35 Å². The molecule has 3 rings (SSSR count). The van der Waals surface area contributed by atoms with Crippen LogP contribution in [0.5, 0.6) is 0 Å². The Bertz CT molecular complexity index is 463. The highest BCUT2D eigenvalue weighted by atomic mass is 79.9. The maximum absolute atomic E-state index is 11.5. The number of nitrogens with one attached hydrogen (secondary N) is 1. The van der Waals surface area contributed by atoms with Crippen molar-refractivity contribution in [3.63, 3.8) is 0 Å². The van der Waals surface area contributed by atoms with E-state index in [2.05, 4.69) is 31.3 Å². The molecule has 4 atom stereocenters. The Morgan fingerprint density at radius 1 is 1.67 bits per heavy atom. The average molecular weight is 316 g/mol. The summed E-state index contributed by atoms with van der Waals surface area (Å²) in [4.78, 5) is 16.1. The second-order valence-electron chi connectivity index (χ2n) is 4.22. The molecule has 0 aromatic carbocycles. The number of ether oxygens (including phenoxy) is 2. The van der Waals surface area contributed by atoms with Crippen molar-refractivity contribution in [2.24, 2.45) is 5.11 Å². The Balaban J connectivity index is 1.87. The summed E-state index contributed by atoms with van der Waals surface area (Å²) in [6.07, 6.45) is 1.18. The van der Waals surface area contributed by atoms with Crippen molar-refractivity contribution < 1.29 is 14.3 Å². The highest BCUT2D eigenvalue weighted by Gasteiger charge is 2.44. The molecule has 0 aromatic rings. The fourth-order valence-electron chi connectivity index (χ4n) is 2.30. The lowest BCUT2D eigenvalue weighted by Gasteiger charge is -2.36. The van der Waals surface area contributed by atoms with Crippen LogP contribution in [0.3, 0.4) is 0 Å². The molecule has 3 aliphatic rings. The van der Waals surface area contributed by atoms with E-state index in [1.807, 2.05) is 0 Å². The minimum absolute atomic E-state index is 0.222. The van der Waals surface area contributed by atoms with Crippen molar-refractivity contribution in [2.75, 3.05) is 6.61 Å². The topological polar surface area (TPSA) is 99.6 Å². The Morgan fingerprint density at radius 3 is 3.28 bits per heavy atom. The Morgan fingerprint density at radius 2 is 2.50 bits per heavy atom. The number of halogens is 1. The number of fused-ring (bicyclic) bond motifs is 4. The predicted molar refractivity (Wildman–Crippen MR) is 62.9 cm³/mol. The molecule has 2 saturated heterocycles. The van der Waals surface area contributed by atoms with Gasteiger partial charge < -0.3 is 19.7 Å². The van der Waals surface area contributed by atoms with Crippen LogP contribution in [-0.2, 0) is 14.3 Å². The van der Waals surface area contributed by atoms with Gasteiger partial charge in [-0.2, -0.15) is 0 Å². The third-order valence-corrected chi connectivity index (χ3v) is 3.72. The summed E-state index contributed by atoms with van der Waals surface area (Å²) in [5, 5.41) is 6.41. The predicted octanol–water partition coefficient (Wildman–Crippen LogP) is 0.762. The zero-order valence-electron chi connectivity index (χ0n) is 9.19. The Hall–Kier alpha value is -1.28. The normalized spacial score (nSPS) is 38.2. The van der Waals surface area contributed by atoms with Gasteiger partial charge in [0, 0.05) is 17.5 Å². The van der Waals surface area contributed by atoms with Crippen molar-refractivity contribution in [2.45, 2.75) is 31.1 Å². The fourth-order valence-corrected chi connectivity index (χ4v) is 2.65. The summed E-state index contributed by atoms with van der Waals surface area (Å²) < 4.78 is 11.7. The molecule has 1 unspecified atom stereocenters. The van der Waals surface area contributed by atoms with E-state index in [9.17, 15) is 4.79 Å². The number of hydrogen-bond acceptors (Lipinski definition) is 5. The van der Waals surface area contributed by atoms with E-state index in [1.165, 1.54) is 0 Å². The monoisotopic (exact) mass is 315 g/mol. The Kier molecular flexibility index (Phi) is 2.90. The maximum Gasteiger partial charge on any atom is 0.263 e. The first-order valence-corrected chi connectivity index (χ1v) is 6.25. The molecule has 2 bridgehead atoms.